The van der Waals surface area contributed by atoms with E-state index in [-0.39, 0.29) is 4.90 Å². The number of hydrogen-bond acceptors (Lipinski definition) is 4. The van der Waals surface area contributed by atoms with E-state index in [0.717, 1.165) is 10.9 Å². The van der Waals surface area contributed by atoms with Gasteiger partial charge in [-0.1, -0.05) is 12.1 Å². The summed E-state index contributed by atoms with van der Waals surface area (Å²) in [7, 11) is -3.65. The summed E-state index contributed by atoms with van der Waals surface area (Å²) in [6.45, 7) is 0. The molecule has 1 aromatic heterocycles. The lowest BCUT2D eigenvalue weighted by atomic mass is 10.2. The Morgan fingerprint density at radius 3 is 2.67 bits per heavy atom. The third kappa shape index (κ3) is 2.80. The Hall–Kier alpha value is -2.60. The zero-order chi connectivity index (χ0) is 14.9. The first-order valence-corrected chi connectivity index (χ1v) is 7.76. The number of nitrogens with two attached hydrogens (primary N) is 1. The van der Waals surface area contributed by atoms with Crippen LogP contribution >= 0.6 is 0 Å². The molecule has 106 valence electrons. The van der Waals surface area contributed by atoms with Crippen molar-refractivity contribution in [3.8, 4) is 0 Å². The summed E-state index contributed by atoms with van der Waals surface area (Å²) in [6.07, 6.45) is 1.69. The van der Waals surface area contributed by atoms with Crippen molar-refractivity contribution >= 4 is 32.3 Å². The van der Waals surface area contributed by atoms with Crippen LogP contribution in [0.2, 0.25) is 0 Å². The summed E-state index contributed by atoms with van der Waals surface area (Å²) in [4.78, 5) is 4.33. The topological polar surface area (TPSA) is 85.1 Å². The van der Waals surface area contributed by atoms with Gasteiger partial charge in [0.25, 0.3) is 10.0 Å². The highest BCUT2D eigenvalue weighted by molar-refractivity contribution is 7.92. The molecule has 0 unspecified atom stereocenters. The number of pyridine rings is 1. The number of nitrogen functional groups attached to an aromatic ring is 1. The van der Waals surface area contributed by atoms with Gasteiger partial charge in [-0.15, -0.1) is 0 Å². The van der Waals surface area contributed by atoms with Crippen LogP contribution in [0.3, 0.4) is 0 Å². The van der Waals surface area contributed by atoms with Gasteiger partial charge in [0.05, 0.1) is 10.4 Å². The molecule has 0 aliphatic rings. The number of nitrogens with one attached hydrogen (secondary N) is 1. The van der Waals surface area contributed by atoms with Crippen molar-refractivity contribution in [2.45, 2.75) is 4.90 Å². The Bertz CT molecular complexity index is 907. The number of benzene rings is 2. The van der Waals surface area contributed by atoms with Crippen molar-refractivity contribution < 1.29 is 8.42 Å². The molecular formula is C15H13N3O2S. The highest BCUT2D eigenvalue weighted by Gasteiger charge is 2.14. The molecule has 0 atom stereocenters. The van der Waals surface area contributed by atoms with Crippen molar-refractivity contribution in [1.29, 1.82) is 0 Å². The molecule has 0 fully saturated rings. The van der Waals surface area contributed by atoms with Crippen LogP contribution in [0.4, 0.5) is 11.4 Å². The minimum absolute atomic E-state index is 0.133. The van der Waals surface area contributed by atoms with Gasteiger partial charge >= 0.3 is 0 Å². The molecule has 0 saturated carbocycles. The first-order chi connectivity index (χ1) is 10.0. The molecule has 0 amide bonds. The van der Waals surface area contributed by atoms with Crippen LogP contribution < -0.4 is 10.5 Å². The number of fused-ring (bicyclic) bond motifs is 1. The molecule has 0 aliphatic carbocycles. The van der Waals surface area contributed by atoms with Gasteiger partial charge in [0, 0.05) is 23.0 Å². The first-order valence-electron chi connectivity index (χ1n) is 6.28. The quantitative estimate of drug-likeness (QED) is 0.728. The van der Waals surface area contributed by atoms with E-state index in [1.54, 1.807) is 42.6 Å². The highest BCUT2D eigenvalue weighted by atomic mass is 32.2. The second-order valence-electron chi connectivity index (χ2n) is 4.59. The minimum Gasteiger partial charge on any atom is -0.399 e. The van der Waals surface area contributed by atoms with Crippen LogP contribution in [0.25, 0.3) is 10.9 Å². The molecule has 3 aromatic rings. The molecule has 5 nitrogen and oxygen atoms in total. The van der Waals surface area contributed by atoms with Crippen LogP contribution in [-0.2, 0) is 10.0 Å². The summed E-state index contributed by atoms with van der Waals surface area (Å²) in [5, 5.41) is 0.866. The van der Waals surface area contributed by atoms with Crippen LogP contribution in [0.1, 0.15) is 0 Å². The normalized spacial score (nSPS) is 11.4. The van der Waals surface area contributed by atoms with Gasteiger partial charge in [-0.3, -0.25) is 9.71 Å². The number of anilines is 2. The third-order valence-corrected chi connectivity index (χ3v) is 4.40. The lowest BCUT2D eigenvalue weighted by Gasteiger charge is -2.09. The van der Waals surface area contributed by atoms with Crippen LogP contribution in [0, 0.1) is 0 Å². The van der Waals surface area contributed by atoms with E-state index in [4.69, 9.17) is 5.73 Å². The molecule has 3 rings (SSSR count). The second kappa shape index (κ2) is 5.06. The summed E-state index contributed by atoms with van der Waals surface area (Å²) in [6, 6.07) is 15.0. The average Bonchev–Trinajstić information content (AvgIpc) is 2.47. The fourth-order valence-electron chi connectivity index (χ4n) is 2.03. The molecule has 3 N–H and O–H groups in total. The van der Waals surface area contributed by atoms with Crippen LogP contribution in [-0.4, -0.2) is 13.4 Å². The van der Waals surface area contributed by atoms with Crippen LogP contribution in [0.15, 0.2) is 65.7 Å². The number of sulfonamides is 1. The molecule has 6 heteroatoms. The van der Waals surface area contributed by atoms with Crippen molar-refractivity contribution in [2.24, 2.45) is 0 Å². The van der Waals surface area contributed by atoms with Crippen molar-refractivity contribution in [1.82, 2.24) is 4.98 Å². The Balaban J connectivity index is 1.97. The second-order valence-corrected chi connectivity index (χ2v) is 6.27. The smallest absolute Gasteiger partial charge is 0.261 e. The maximum atomic E-state index is 12.3. The fraction of sp³-hybridized carbons (Fsp3) is 0. The van der Waals surface area contributed by atoms with Crippen molar-refractivity contribution in [2.75, 3.05) is 10.5 Å². The van der Waals surface area contributed by atoms with E-state index < -0.39 is 10.0 Å². The standard InChI is InChI=1S/C15H13N3O2S/c16-12-4-1-5-14(10-12)21(19,20)18-13-6-7-15-11(9-13)3-2-8-17-15/h1-10,18H,16H2. The maximum absolute atomic E-state index is 12.3. The van der Waals surface area contributed by atoms with Gasteiger partial charge in [0.15, 0.2) is 0 Å². The van der Waals surface area contributed by atoms with E-state index in [1.165, 1.54) is 12.1 Å². The maximum Gasteiger partial charge on any atom is 0.261 e. The molecule has 0 aliphatic heterocycles. The fourth-order valence-corrected chi connectivity index (χ4v) is 3.14. The molecule has 1 heterocycles. The van der Waals surface area contributed by atoms with Gasteiger partial charge < -0.3 is 5.73 Å². The average molecular weight is 299 g/mol. The van der Waals surface area contributed by atoms with Gasteiger partial charge in [-0.05, 0) is 42.5 Å². The summed E-state index contributed by atoms with van der Waals surface area (Å²) >= 11 is 0. The van der Waals surface area contributed by atoms with E-state index in [9.17, 15) is 8.42 Å². The zero-order valence-corrected chi connectivity index (χ0v) is 11.8. The monoisotopic (exact) mass is 299 g/mol. The van der Waals surface area contributed by atoms with E-state index in [1.807, 2.05) is 6.07 Å². The number of hydrogen-bond donors (Lipinski definition) is 2. The van der Waals surface area contributed by atoms with Gasteiger partial charge in [0.2, 0.25) is 0 Å². The molecule has 2 aromatic carbocycles. The molecule has 21 heavy (non-hydrogen) atoms. The van der Waals surface area contributed by atoms with E-state index >= 15 is 0 Å². The minimum atomic E-state index is -3.65. The predicted molar refractivity (Wildman–Crippen MR) is 83.4 cm³/mol. The lowest BCUT2D eigenvalue weighted by molar-refractivity contribution is 0.601. The molecule has 0 radical (unpaired) electrons. The SMILES string of the molecule is Nc1cccc(S(=O)(=O)Nc2ccc3ncccc3c2)c1. The lowest BCUT2D eigenvalue weighted by Crippen LogP contribution is -2.13. The summed E-state index contributed by atoms with van der Waals surface area (Å²) in [5.41, 5.74) is 7.32. The number of rotatable bonds is 3. The number of aromatic nitrogens is 1. The predicted octanol–water partition coefficient (Wildman–Crippen LogP) is 2.62. The van der Waals surface area contributed by atoms with Crippen molar-refractivity contribution in [3.63, 3.8) is 0 Å². The third-order valence-electron chi connectivity index (χ3n) is 3.02. The Labute approximate surface area is 122 Å². The Morgan fingerprint density at radius 1 is 1.00 bits per heavy atom. The largest absolute Gasteiger partial charge is 0.399 e. The molecule has 0 bridgehead atoms. The Kier molecular flexibility index (Phi) is 3.23. The Morgan fingerprint density at radius 2 is 1.86 bits per heavy atom. The van der Waals surface area contributed by atoms with Crippen LogP contribution in [0.5, 0.6) is 0 Å². The van der Waals surface area contributed by atoms with Gasteiger partial charge in [-0.2, -0.15) is 0 Å². The molecular weight excluding hydrogens is 286 g/mol. The first kappa shape index (κ1) is 13.4. The molecule has 0 saturated heterocycles. The van der Waals surface area contributed by atoms with Crippen molar-refractivity contribution in [3.05, 3.63) is 60.8 Å². The summed E-state index contributed by atoms with van der Waals surface area (Å²) in [5.74, 6) is 0. The van der Waals surface area contributed by atoms with Gasteiger partial charge in [-0.25, -0.2) is 8.42 Å². The highest BCUT2D eigenvalue weighted by Crippen LogP contribution is 2.21. The zero-order valence-electron chi connectivity index (χ0n) is 11.0. The van der Waals surface area contributed by atoms with E-state index in [0.29, 0.717) is 11.4 Å². The van der Waals surface area contributed by atoms with Gasteiger partial charge in [0.1, 0.15) is 0 Å². The summed E-state index contributed by atoms with van der Waals surface area (Å²) < 4.78 is 27.2. The molecule has 0 spiro atoms. The van der Waals surface area contributed by atoms with E-state index in [2.05, 4.69) is 9.71 Å². The number of nitrogens with zero attached hydrogens (tertiary/aromatic N) is 1.